The van der Waals surface area contributed by atoms with E-state index in [0.29, 0.717) is 0 Å². The molecule has 0 amide bonds. The molecule has 1 heterocycles. The number of halogens is 4. The highest BCUT2D eigenvalue weighted by Crippen LogP contribution is 2.22. The van der Waals surface area contributed by atoms with Crippen molar-refractivity contribution in [3.63, 3.8) is 0 Å². The largest absolute Gasteiger partial charge is 0.525 e. The molecule has 1 rings (SSSR count). The Morgan fingerprint density at radius 1 is 1.50 bits per heavy atom. The van der Waals surface area contributed by atoms with Gasteiger partial charge >= 0.3 is 12.5 Å². The predicted octanol–water partition coefficient (Wildman–Crippen LogP) is 2.15. The van der Waals surface area contributed by atoms with E-state index in [0.717, 1.165) is 0 Å². The van der Waals surface area contributed by atoms with E-state index < -0.39 is 37.5 Å². The Kier molecular flexibility index (Phi) is 5.15. The van der Waals surface area contributed by atoms with Gasteiger partial charge in [-0.1, -0.05) is 0 Å². The highest BCUT2D eigenvalue weighted by atomic mass is 19.4. The summed E-state index contributed by atoms with van der Waals surface area (Å²) in [5.74, 6) is 0. The molecule has 1 saturated heterocycles. The fourth-order valence-corrected chi connectivity index (χ4v) is 1.24. The number of carbonyl (C=O) groups excluding carboxylic acids is 1. The van der Waals surface area contributed by atoms with E-state index in [-0.39, 0.29) is 13.2 Å². The number of ether oxygens (including phenoxy) is 4. The lowest BCUT2D eigenvalue weighted by molar-refractivity contribution is -0.362. The second kappa shape index (κ2) is 6.19. The highest BCUT2D eigenvalue weighted by molar-refractivity contribution is 5.61. The first kappa shape index (κ1) is 15.0. The van der Waals surface area contributed by atoms with E-state index in [2.05, 4.69) is 14.2 Å². The summed E-state index contributed by atoms with van der Waals surface area (Å²) in [4.78, 5) is 10.5. The van der Waals surface area contributed by atoms with Crippen molar-refractivity contribution in [2.45, 2.75) is 38.3 Å². The fraction of sp³-hybridized carbons (Fsp3) is 0.889. The zero-order valence-electron chi connectivity index (χ0n) is 9.41. The van der Waals surface area contributed by atoms with E-state index in [1.807, 2.05) is 0 Å². The van der Waals surface area contributed by atoms with Crippen LogP contribution in [0.1, 0.15) is 13.3 Å². The topological polar surface area (TPSA) is 54.0 Å². The van der Waals surface area contributed by atoms with Crippen LogP contribution in [0.5, 0.6) is 0 Å². The van der Waals surface area contributed by atoms with Crippen LogP contribution in [0.3, 0.4) is 0 Å². The molecule has 0 spiro atoms. The molecule has 0 aromatic rings. The Morgan fingerprint density at radius 2 is 2.17 bits per heavy atom. The van der Waals surface area contributed by atoms with E-state index >= 15 is 0 Å². The van der Waals surface area contributed by atoms with E-state index in [1.54, 1.807) is 0 Å². The summed E-state index contributed by atoms with van der Waals surface area (Å²) >= 11 is 0. The summed E-state index contributed by atoms with van der Waals surface area (Å²) < 4.78 is 65.0. The van der Waals surface area contributed by atoms with Crippen LogP contribution in [0, 0.1) is 0 Å². The van der Waals surface area contributed by atoms with Crippen molar-refractivity contribution in [1.29, 1.82) is 0 Å². The number of hydrogen-bond acceptors (Lipinski definition) is 5. The van der Waals surface area contributed by atoms with Crippen LogP contribution in [0.15, 0.2) is 0 Å². The average molecular weight is 276 g/mol. The standard InChI is InChI=1S/C9H12F4O5/c1-5(2-7(10)18-9(11,12)13)15-3-6-4-16-8(14)17-6/h5-7H,2-4H2,1H3. The molecule has 0 bridgehead atoms. The van der Waals surface area contributed by atoms with Gasteiger partial charge in [0.05, 0.1) is 12.7 Å². The number of carbonyl (C=O) groups is 1. The number of alkyl halides is 4. The number of rotatable bonds is 6. The van der Waals surface area contributed by atoms with Gasteiger partial charge in [-0.3, -0.25) is 4.74 Å². The monoisotopic (exact) mass is 276 g/mol. The molecule has 1 aliphatic rings. The summed E-state index contributed by atoms with van der Waals surface area (Å²) in [5.41, 5.74) is 0. The lowest BCUT2D eigenvalue weighted by Gasteiger charge is -2.18. The molecule has 0 N–H and O–H groups in total. The van der Waals surface area contributed by atoms with Crippen molar-refractivity contribution < 1.29 is 41.3 Å². The lowest BCUT2D eigenvalue weighted by Crippen LogP contribution is -2.27. The Balaban J connectivity index is 2.17. The molecule has 0 radical (unpaired) electrons. The van der Waals surface area contributed by atoms with Gasteiger partial charge in [-0.2, -0.15) is 0 Å². The van der Waals surface area contributed by atoms with Crippen LogP contribution in [0.4, 0.5) is 22.4 Å². The maximum atomic E-state index is 12.8. The quantitative estimate of drug-likeness (QED) is 0.549. The molecule has 9 heteroatoms. The molecule has 106 valence electrons. The third-order valence-corrected chi connectivity index (χ3v) is 2.00. The van der Waals surface area contributed by atoms with Gasteiger partial charge in [0.15, 0.2) is 6.10 Å². The Bertz CT molecular complexity index is 283. The maximum absolute atomic E-state index is 12.8. The summed E-state index contributed by atoms with van der Waals surface area (Å²) in [7, 11) is 0. The second-order valence-corrected chi connectivity index (χ2v) is 3.65. The van der Waals surface area contributed by atoms with E-state index in [9.17, 15) is 22.4 Å². The minimum atomic E-state index is -5.02. The van der Waals surface area contributed by atoms with Gasteiger partial charge in [-0.25, -0.2) is 9.18 Å². The van der Waals surface area contributed by atoms with Crippen LogP contribution in [0.2, 0.25) is 0 Å². The first-order chi connectivity index (χ1) is 8.26. The number of cyclic esters (lactones) is 2. The number of hydrogen-bond donors (Lipinski definition) is 0. The van der Waals surface area contributed by atoms with Gasteiger partial charge in [0.2, 0.25) is 6.36 Å². The molecule has 18 heavy (non-hydrogen) atoms. The van der Waals surface area contributed by atoms with Crippen molar-refractivity contribution in [3.8, 4) is 0 Å². The maximum Gasteiger partial charge on any atom is 0.525 e. The van der Waals surface area contributed by atoms with Crippen molar-refractivity contribution in [3.05, 3.63) is 0 Å². The smallest absolute Gasteiger partial charge is 0.430 e. The molecular formula is C9H12F4O5. The van der Waals surface area contributed by atoms with Gasteiger partial charge in [-0.05, 0) is 6.92 Å². The molecular weight excluding hydrogens is 264 g/mol. The molecule has 3 unspecified atom stereocenters. The molecule has 5 nitrogen and oxygen atoms in total. The molecule has 3 atom stereocenters. The minimum absolute atomic E-state index is 0.00363. The van der Waals surface area contributed by atoms with Crippen LogP contribution in [-0.4, -0.2) is 44.3 Å². The third-order valence-electron chi connectivity index (χ3n) is 2.00. The zero-order chi connectivity index (χ0) is 13.8. The van der Waals surface area contributed by atoms with Gasteiger partial charge in [0, 0.05) is 6.42 Å². The molecule has 0 aromatic heterocycles. The summed E-state index contributed by atoms with van der Waals surface area (Å²) in [6, 6.07) is 0. The minimum Gasteiger partial charge on any atom is -0.430 e. The van der Waals surface area contributed by atoms with Crippen LogP contribution >= 0.6 is 0 Å². The molecule has 0 aliphatic carbocycles. The van der Waals surface area contributed by atoms with Crippen LogP contribution in [-0.2, 0) is 18.9 Å². The van der Waals surface area contributed by atoms with Crippen molar-refractivity contribution >= 4 is 6.16 Å². The highest BCUT2D eigenvalue weighted by Gasteiger charge is 2.34. The predicted molar refractivity (Wildman–Crippen MR) is 48.3 cm³/mol. The molecule has 0 aromatic carbocycles. The normalized spacial score (nSPS) is 23.4. The zero-order valence-corrected chi connectivity index (χ0v) is 9.41. The Morgan fingerprint density at radius 3 is 2.67 bits per heavy atom. The Labute approximate surface area is 99.9 Å². The van der Waals surface area contributed by atoms with E-state index in [1.165, 1.54) is 6.92 Å². The fourth-order valence-electron chi connectivity index (χ4n) is 1.24. The molecule has 1 aliphatic heterocycles. The third kappa shape index (κ3) is 6.01. The van der Waals surface area contributed by atoms with Gasteiger partial charge in [-0.15, -0.1) is 13.2 Å². The Hall–Kier alpha value is -1.09. The van der Waals surface area contributed by atoms with Crippen LogP contribution < -0.4 is 0 Å². The van der Waals surface area contributed by atoms with Crippen molar-refractivity contribution in [2.75, 3.05) is 13.2 Å². The molecule has 1 fully saturated rings. The summed E-state index contributed by atoms with van der Waals surface area (Å²) in [6.07, 6.45) is -10.4. The first-order valence-electron chi connectivity index (χ1n) is 5.10. The average Bonchev–Trinajstić information content (AvgIpc) is 2.58. The van der Waals surface area contributed by atoms with Crippen LogP contribution in [0.25, 0.3) is 0 Å². The summed E-state index contributed by atoms with van der Waals surface area (Å²) in [6.45, 7) is 1.30. The SMILES string of the molecule is CC(CC(F)OC(F)(F)F)OCC1COC(=O)O1. The van der Waals surface area contributed by atoms with Gasteiger partial charge in [0.1, 0.15) is 6.61 Å². The van der Waals surface area contributed by atoms with Gasteiger partial charge < -0.3 is 14.2 Å². The lowest BCUT2D eigenvalue weighted by atomic mass is 10.3. The van der Waals surface area contributed by atoms with Crippen molar-refractivity contribution in [1.82, 2.24) is 0 Å². The summed E-state index contributed by atoms with van der Waals surface area (Å²) in [5, 5.41) is 0. The van der Waals surface area contributed by atoms with Crippen molar-refractivity contribution in [2.24, 2.45) is 0 Å². The first-order valence-corrected chi connectivity index (χ1v) is 5.10. The molecule has 0 saturated carbocycles. The van der Waals surface area contributed by atoms with E-state index in [4.69, 9.17) is 4.74 Å². The van der Waals surface area contributed by atoms with Gasteiger partial charge in [0.25, 0.3) is 0 Å². The second-order valence-electron chi connectivity index (χ2n) is 3.65.